The molecule has 0 aromatic heterocycles. The molecule has 1 fully saturated rings. The van der Waals surface area contributed by atoms with Gasteiger partial charge in [0.1, 0.15) is 19.3 Å². The van der Waals surface area contributed by atoms with Crippen molar-refractivity contribution < 1.29 is 23.8 Å². The van der Waals surface area contributed by atoms with E-state index in [1.165, 1.54) is 12.8 Å². The first-order valence-corrected chi connectivity index (χ1v) is 13.4. The highest BCUT2D eigenvalue weighted by Gasteiger charge is 2.35. The van der Waals surface area contributed by atoms with Gasteiger partial charge in [-0.15, -0.1) is 0 Å². The van der Waals surface area contributed by atoms with E-state index in [1.54, 1.807) is 0 Å². The standard InChI is InChI=1S/C28H44N2O5/c1-5-6-7-8-9-12-25(31)29-22(20-30-15-10-11-16-30)26(35-27(32)28(2,3)4)21-13-14-23-24(19-21)34-18-17-33-23/h13-14,19,22,26H,5-12,15-18,20H2,1-4H3,(H,29,31)/t22-,26-/m1/s1. The van der Waals surface area contributed by atoms with Crippen molar-refractivity contribution in [3.8, 4) is 11.5 Å². The first kappa shape index (κ1) is 27.3. The third-order valence-corrected chi connectivity index (χ3v) is 6.61. The maximum absolute atomic E-state index is 13.0. The summed E-state index contributed by atoms with van der Waals surface area (Å²) in [5.41, 5.74) is 0.146. The van der Waals surface area contributed by atoms with Gasteiger partial charge in [0.2, 0.25) is 5.91 Å². The molecule has 1 amide bonds. The summed E-state index contributed by atoms with van der Waals surface area (Å²) in [4.78, 5) is 28.4. The molecule has 3 rings (SSSR count). The quantitative estimate of drug-likeness (QED) is 0.328. The number of unbranched alkanes of at least 4 members (excludes halogenated alkanes) is 4. The molecular formula is C28H44N2O5. The number of ether oxygens (including phenoxy) is 3. The first-order valence-electron chi connectivity index (χ1n) is 13.4. The maximum atomic E-state index is 13.0. The van der Waals surface area contributed by atoms with Crippen LogP contribution < -0.4 is 14.8 Å². The second-order valence-corrected chi connectivity index (χ2v) is 10.8. The average molecular weight is 489 g/mol. The van der Waals surface area contributed by atoms with E-state index in [0.717, 1.165) is 50.8 Å². The Hall–Kier alpha value is -2.28. The van der Waals surface area contributed by atoms with Crippen LogP contribution in [-0.4, -0.2) is 55.7 Å². The summed E-state index contributed by atoms with van der Waals surface area (Å²) in [6.07, 6.45) is 7.63. The number of benzene rings is 1. The van der Waals surface area contributed by atoms with Crippen LogP contribution in [0, 0.1) is 5.41 Å². The monoisotopic (exact) mass is 488 g/mol. The fraction of sp³-hybridized carbons (Fsp3) is 0.714. The van der Waals surface area contributed by atoms with Crippen molar-refractivity contribution in [2.75, 3.05) is 32.8 Å². The number of amides is 1. The molecule has 1 aromatic carbocycles. The van der Waals surface area contributed by atoms with Gasteiger partial charge in [-0.3, -0.25) is 9.59 Å². The smallest absolute Gasteiger partial charge is 0.311 e. The van der Waals surface area contributed by atoms with E-state index in [2.05, 4.69) is 17.1 Å². The molecule has 1 saturated heterocycles. The molecule has 2 aliphatic heterocycles. The zero-order valence-electron chi connectivity index (χ0n) is 22.1. The number of carbonyl (C=O) groups excluding carboxylic acids is 2. The van der Waals surface area contributed by atoms with E-state index in [1.807, 2.05) is 39.0 Å². The highest BCUT2D eigenvalue weighted by Crippen LogP contribution is 2.36. The molecule has 2 heterocycles. The fourth-order valence-corrected chi connectivity index (χ4v) is 4.54. The minimum atomic E-state index is -0.659. The van der Waals surface area contributed by atoms with Crippen molar-refractivity contribution in [3.63, 3.8) is 0 Å². The van der Waals surface area contributed by atoms with Gasteiger partial charge in [0, 0.05) is 13.0 Å². The molecule has 35 heavy (non-hydrogen) atoms. The van der Waals surface area contributed by atoms with Gasteiger partial charge in [-0.2, -0.15) is 0 Å². The van der Waals surface area contributed by atoms with Crippen LogP contribution in [0.25, 0.3) is 0 Å². The average Bonchev–Trinajstić information content (AvgIpc) is 3.34. The molecule has 0 bridgehead atoms. The molecule has 1 aromatic rings. The summed E-state index contributed by atoms with van der Waals surface area (Å²) in [7, 11) is 0. The normalized spacial score (nSPS) is 17.6. The largest absolute Gasteiger partial charge is 0.486 e. The number of fused-ring (bicyclic) bond motifs is 1. The molecule has 0 unspecified atom stereocenters. The van der Waals surface area contributed by atoms with Crippen molar-refractivity contribution in [2.24, 2.45) is 5.41 Å². The molecule has 7 nitrogen and oxygen atoms in total. The second kappa shape index (κ2) is 13.1. The highest BCUT2D eigenvalue weighted by molar-refractivity contribution is 5.77. The van der Waals surface area contributed by atoms with E-state index >= 15 is 0 Å². The Balaban J connectivity index is 1.82. The highest BCUT2D eigenvalue weighted by atomic mass is 16.6. The van der Waals surface area contributed by atoms with E-state index in [9.17, 15) is 9.59 Å². The van der Waals surface area contributed by atoms with Crippen LogP contribution in [0.15, 0.2) is 18.2 Å². The van der Waals surface area contributed by atoms with Crippen LogP contribution in [0.3, 0.4) is 0 Å². The lowest BCUT2D eigenvalue weighted by atomic mass is 9.95. The molecule has 0 aliphatic carbocycles. The number of esters is 1. The van der Waals surface area contributed by atoms with Gasteiger partial charge in [-0.1, -0.05) is 38.7 Å². The van der Waals surface area contributed by atoms with Crippen LogP contribution in [0.2, 0.25) is 0 Å². The molecule has 0 saturated carbocycles. The van der Waals surface area contributed by atoms with Gasteiger partial charge in [0.15, 0.2) is 11.5 Å². The van der Waals surface area contributed by atoms with Crippen LogP contribution in [0.5, 0.6) is 11.5 Å². The molecule has 2 aliphatic rings. The molecule has 0 radical (unpaired) electrons. The summed E-state index contributed by atoms with van der Waals surface area (Å²) >= 11 is 0. The van der Waals surface area contributed by atoms with Crippen molar-refractivity contribution in [1.29, 1.82) is 0 Å². The zero-order chi connectivity index (χ0) is 25.3. The van der Waals surface area contributed by atoms with Gasteiger partial charge < -0.3 is 24.4 Å². The van der Waals surface area contributed by atoms with Gasteiger partial charge in [-0.05, 0) is 70.8 Å². The minimum absolute atomic E-state index is 0.0139. The topological polar surface area (TPSA) is 77.1 Å². The summed E-state index contributed by atoms with van der Waals surface area (Å²) in [5, 5.41) is 3.24. The zero-order valence-corrected chi connectivity index (χ0v) is 22.1. The number of nitrogens with zero attached hydrogens (tertiary/aromatic N) is 1. The summed E-state index contributed by atoms with van der Waals surface area (Å²) in [5.74, 6) is 1.05. The number of carbonyl (C=O) groups is 2. The van der Waals surface area contributed by atoms with E-state index in [0.29, 0.717) is 37.7 Å². The van der Waals surface area contributed by atoms with Gasteiger partial charge in [0.05, 0.1) is 11.5 Å². The van der Waals surface area contributed by atoms with Gasteiger partial charge in [0.25, 0.3) is 0 Å². The third-order valence-electron chi connectivity index (χ3n) is 6.61. The minimum Gasteiger partial charge on any atom is -0.486 e. The summed E-state index contributed by atoms with van der Waals surface area (Å²) in [6.45, 7) is 11.3. The SMILES string of the molecule is CCCCCCCC(=O)N[C@H](CN1CCCC1)[C@H](OC(=O)C(C)(C)C)c1ccc2c(c1)OCCO2. The van der Waals surface area contributed by atoms with Crippen LogP contribution in [0.1, 0.15) is 90.7 Å². The predicted octanol–water partition coefficient (Wildman–Crippen LogP) is 5.03. The van der Waals surface area contributed by atoms with Crippen LogP contribution in [-0.2, 0) is 14.3 Å². The lowest BCUT2D eigenvalue weighted by Gasteiger charge is -2.33. The number of hydrogen-bond donors (Lipinski definition) is 1. The molecular weight excluding hydrogens is 444 g/mol. The Morgan fingerprint density at radius 3 is 2.40 bits per heavy atom. The second-order valence-electron chi connectivity index (χ2n) is 10.8. The third kappa shape index (κ3) is 8.41. The van der Waals surface area contributed by atoms with Crippen molar-refractivity contribution in [1.82, 2.24) is 10.2 Å². The van der Waals surface area contributed by atoms with Crippen LogP contribution in [0.4, 0.5) is 0 Å². The number of rotatable bonds is 12. The molecule has 7 heteroatoms. The van der Waals surface area contributed by atoms with E-state index < -0.39 is 11.5 Å². The van der Waals surface area contributed by atoms with Crippen molar-refractivity contribution >= 4 is 11.9 Å². The number of nitrogens with one attached hydrogen (secondary N) is 1. The van der Waals surface area contributed by atoms with E-state index in [4.69, 9.17) is 14.2 Å². The molecule has 196 valence electrons. The van der Waals surface area contributed by atoms with E-state index in [-0.39, 0.29) is 17.9 Å². The van der Waals surface area contributed by atoms with Crippen molar-refractivity contribution in [3.05, 3.63) is 23.8 Å². The molecule has 0 spiro atoms. The number of hydrogen-bond acceptors (Lipinski definition) is 6. The number of likely N-dealkylation sites (tertiary alicyclic amines) is 1. The molecule has 2 atom stereocenters. The Morgan fingerprint density at radius 2 is 1.71 bits per heavy atom. The summed E-state index contributed by atoms with van der Waals surface area (Å²) in [6, 6.07) is 5.32. The summed E-state index contributed by atoms with van der Waals surface area (Å²) < 4.78 is 17.6. The fourth-order valence-electron chi connectivity index (χ4n) is 4.54. The molecule has 1 N–H and O–H groups in total. The lowest BCUT2D eigenvalue weighted by Crippen LogP contribution is -2.48. The van der Waals surface area contributed by atoms with Crippen molar-refractivity contribution in [2.45, 2.75) is 91.2 Å². The first-order chi connectivity index (χ1) is 16.8. The Bertz CT molecular complexity index is 829. The van der Waals surface area contributed by atoms with Crippen LogP contribution >= 0.6 is 0 Å². The Morgan fingerprint density at radius 1 is 1.03 bits per heavy atom. The Labute approximate surface area is 210 Å². The van der Waals surface area contributed by atoms with Gasteiger partial charge >= 0.3 is 5.97 Å². The van der Waals surface area contributed by atoms with Gasteiger partial charge in [-0.25, -0.2) is 0 Å². The maximum Gasteiger partial charge on any atom is 0.311 e. The lowest BCUT2D eigenvalue weighted by molar-refractivity contribution is -0.161. The predicted molar refractivity (Wildman–Crippen MR) is 137 cm³/mol. The Kier molecular flexibility index (Phi) is 10.3.